The summed E-state index contributed by atoms with van der Waals surface area (Å²) in [6, 6.07) is 15.7. The van der Waals surface area contributed by atoms with E-state index in [0.717, 1.165) is 24.9 Å². The summed E-state index contributed by atoms with van der Waals surface area (Å²) >= 11 is 0. The first-order chi connectivity index (χ1) is 12.9. The summed E-state index contributed by atoms with van der Waals surface area (Å²) in [5.74, 6) is 0.676. The van der Waals surface area contributed by atoms with Crippen molar-refractivity contribution in [2.24, 2.45) is 17.6 Å². The third-order valence-electron chi connectivity index (χ3n) is 5.84. The fourth-order valence-corrected chi connectivity index (χ4v) is 5.75. The van der Waals surface area contributed by atoms with Gasteiger partial charge in [0.1, 0.15) is 0 Å². The van der Waals surface area contributed by atoms with Crippen molar-refractivity contribution >= 4 is 28.2 Å². The van der Waals surface area contributed by atoms with Crippen molar-refractivity contribution in [3.8, 4) is 0 Å². The van der Waals surface area contributed by atoms with Gasteiger partial charge in [-0.25, -0.2) is 8.42 Å². The Kier molecular flexibility index (Phi) is 6.12. The second-order valence-corrected chi connectivity index (χ2v) is 9.64. The van der Waals surface area contributed by atoms with Gasteiger partial charge in [0.15, 0.2) is 9.84 Å². The van der Waals surface area contributed by atoms with Crippen LogP contribution in [0.25, 0.3) is 0 Å². The maximum atomic E-state index is 12.9. The molecule has 4 rings (SSSR count). The first-order valence-electron chi connectivity index (χ1n) is 9.35. The summed E-state index contributed by atoms with van der Waals surface area (Å²) in [5, 5.41) is 0. The van der Waals surface area contributed by atoms with Crippen LogP contribution >= 0.6 is 12.4 Å². The molecule has 2 N–H and O–H groups in total. The Morgan fingerprint density at radius 3 is 2.50 bits per heavy atom. The normalized spacial score (nSPS) is 23.9. The molecule has 5 nitrogen and oxygen atoms in total. The zero-order chi connectivity index (χ0) is 19.0. The molecule has 3 atom stereocenters. The van der Waals surface area contributed by atoms with Crippen LogP contribution < -0.4 is 5.73 Å². The molecule has 1 aliphatic heterocycles. The zero-order valence-electron chi connectivity index (χ0n) is 15.5. The standard InChI is InChI=1S/C21H24N2O3S.ClH/c22-20-10-9-17-12-23(13-19(17)20)21(24)16-7-4-8-18(11-16)27(25,26)14-15-5-2-1-3-6-15;/h1-8,11,17,19-20H,9-10,12-14,22H2;1H. The number of carbonyl (C=O) groups excluding carboxylic acids is 1. The summed E-state index contributed by atoms with van der Waals surface area (Å²) in [4.78, 5) is 14.9. The van der Waals surface area contributed by atoms with E-state index < -0.39 is 9.84 Å². The molecule has 150 valence electrons. The first-order valence-corrected chi connectivity index (χ1v) is 11.0. The van der Waals surface area contributed by atoms with E-state index in [1.165, 1.54) is 6.07 Å². The van der Waals surface area contributed by atoms with Crippen molar-refractivity contribution in [1.82, 2.24) is 4.90 Å². The molecule has 3 unspecified atom stereocenters. The number of likely N-dealkylation sites (tertiary alicyclic amines) is 1. The van der Waals surface area contributed by atoms with Crippen LogP contribution in [0.3, 0.4) is 0 Å². The van der Waals surface area contributed by atoms with E-state index in [0.29, 0.717) is 23.9 Å². The SMILES string of the molecule is Cl.NC1CCC2CN(C(=O)c3cccc(S(=O)(=O)Cc4ccccc4)c3)CC12. The van der Waals surface area contributed by atoms with Crippen LogP contribution in [0.5, 0.6) is 0 Å². The highest BCUT2D eigenvalue weighted by molar-refractivity contribution is 7.90. The lowest BCUT2D eigenvalue weighted by atomic mass is 9.98. The zero-order valence-corrected chi connectivity index (χ0v) is 17.2. The van der Waals surface area contributed by atoms with Crippen LogP contribution in [0.4, 0.5) is 0 Å². The predicted molar refractivity (Wildman–Crippen MR) is 111 cm³/mol. The van der Waals surface area contributed by atoms with Crippen LogP contribution in [0, 0.1) is 11.8 Å². The summed E-state index contributed by atoms with van der Waals surface area (Å²) in [5.41, 5.74) is 7.32. The number of nitrogens with zero attached hydrogens (tertiary/aromatic N) is 1. The van der Waals surface area contributed by atoms with Crippen molar-refractivity contribution in [3.05, 3.63) is 65.7 Å². The topological polar surface area (TPSA) is 80.5 Å². The Balaban J connectivity index is 0.00000225. The molecule has 0 spiro atoms. The third kappa shape index (κ3) is 4.09. The van der Waals surface area contributed by atoms with Crippen molar-refractivity contribution in [2.45, 2.75) is 29.5 Å². The number of carbonyl (C=O) groups is 1. The van der Waals surface area contributed by atoms with Gasteiger partial charge in [-0.3, -0.25) is 4.79 Å². The maximum absolute atomic E-state index is 12.9. The quantitative estimate of drug-likeness (QED) is 0.824. The highest BCUT2D eigenvalue weighted by Crippen LogP contribution is 2.37. The predicted octanol–water partition coefficient (Wildman–Crippen LogP) is 2.89. The summed E-state index contributed by atoms with van der Waals surface area (Å²) in [6.07, 6.45) is 2.10. The molecular formula is C21H25ClN2O3S. The molecule has 7 heteroatoms. The molecule has 2 aromatic carbocycles. The van der Waals surface area contributed by atoms with Gasteiger partial charge in [0, 0.05) is 24.7 Å². The number of benzene rings is 2. The number of sulfone groups is 1. The van der Waals surface area contributed by atoms with Crippen LogP contribution in [0.15, 0.2) is 59.5 Å². The molecule has 2 fully saturated rings. The minimum absolute atomic E-state index is 0. The molecule has 1 heterocycles. The van der Waals surface area contributed by atoms with Gasteiger partial charge in [-0.1, -0.05) is 36.4 Å². The Morgan fingerprint density at radius 2 is 1.79 bits per heavy atom. The fourth-order valence-electron chi connectivity index (χ4n) is 4.36. The molecule has 1 saturated carbocycles. The van der Waals surface area contributed by atoms with Gasteiger partial charge >= 0.3 is 0 Å². The Bertz CT molecular complexity index is 949. The number of rotatable bonds is 4. The van der Waals surface area contributed by atoms with Crippen LogP contribution in [0.1, 0.15) is 28.8 Å². The molecule has 1 aliphatic carbocycles. The van der Waals surface area contributed by atoms with E-state index in [1.54, 1.807) is 30.3 Å². The van der Waals surface area contributed by atoms with Gasteiger partial charge in [0.05, 0.1) is 10.6 Å². The minimum Gasteiger partial charge on any atom is -0.338 e. The average Bonchev–Trinajstić information content (AvgIpc) is 3.24. The first kappa shape index (κ1) is 20.8. The van der Waals surface area contributed by atoms with Crippen molar-refractivity contribution in [3.63, 3.8) is 0 Å². The van der Waals surface area contributed by atoms with Gasteiger partial charge in [-0.15, -0.1) is 12.4 Å². The van der Waals surface area contributed by atoms with Gasteiger partial charge < -0.3 is 10.6 Å². The largest absolute Gasteiger partial charge is 0.338 e. The van der Waals surface area contributed by atoms with Gasteiger partial charge in [0.2, 0.25) is 0 Å². The van der Waals surface area contributed by atoms with Crippen molar-refractivity contribution in [1.29, 1.82) is 0 Å². The molecule has 0 radical (unpaired) electrons. The number of halogens is 1. The van der Waals surface area contributed by atoms with Gasteiger partial charge in [-0.05, 0) is 48.4 Å². The van der Waals surface area contributed by atoms with E-state index in [2.05, 4.69) is 0 Å². The fraction of sp³-hybridized carbons (Fsp3) is 0.381. The smallest absolute Gasteiger partial charge is 0.253 e. The van der Waals surface area contributed by atoms with Crippen molar-refractivity contribution in [2.75, 3.05) is 13.1 Å². The number of amides is 1. The second kappa shape index (κ2) is 8.23. The Morgan fingerprint density at radius 1 is 1.04 bits per heavy atom. The summed E-state index contributed by atoms with van der Waals surface area (Å²) < 4.78 is 25.5. The molecule has 1 amide bonds. The highest BCUT2D eigenvalue weighted by Gasteiger charge is 2.42. The lowest BCUT2D eigenvalue weighted by Crippen LogP contribution is -2.33. The molecule has 0 bridgehead atoms. The van der Waals surface area contributed by atoms with Crippen LogP contribution in [0.2, 0.25) is 0 Å². The van der Waals surface area contributed by atoms with Crippen molar-refractivity contribution < 1.29 is 13.2 Å². The second-order valence-electron chi connectivity index (χ2n) is 7.65. The Hall–Kier alpha value is -1.89. The number of nitrogens with two attached hydrogens (primary N) is 1. The lowest BCUT2D eigenvalue weighted by Gasteiger charge is -2.19. The molecule has 28 heavy (non-hydrogen) atoms. The monoisotopic (exact) mass is 420 g/mol. The van der Waals surface area contributed by atoms with E-state index in [1.807, 2.05) is 23.1 Å². The maximum Gasteiger partial charge on any atom is 0.253 e. The minimum atomic E-state index is -3.51. The van der Waals surface area contributed by atoms with Crippen LogP contribution in [-0.4, -0.2) is 38.4 Å². The van der Waals surface area contributed by atoms with E-state index in [4.69, 9.17) is 5.73 Å². The van der Waals surface area contributed by atoms with Crippen LogP contribution in [-0.2, 0) is 15.6 Å². The molecule has 2 aliphatic rings. The Labute approximate surface area is 172 Å². The third-order valence-corrected chi connectivity index (χ3v) is 7.52. The molecule has 0 aromatic heterocycles. The highest BCUT2D eigenvalue weighted by atomic mass is 35.5. The number of hydrogen-bond acceptors (Lipinski definition) is 4. The number of fused-ring (bicyclic) bond motifs is 1. The van der Waals surface area contributed by atoms with E-state index in [-0.39, 0.29) is 35.0 Å². The van der Waals surface area contributed by atoms with Gasteiger partial charge in [0.25, 0.3) is 5.91 Å². The summed E-state index contributed by atoms with van der Waals surface area (Å²) in [7, 11) is -3.51. The van der Waals surface area contributed by atoms with E-state index in [9.17, 15) is 13.2 Å². The molecule has 1 saturated heterocycles. The lowest BCUT2D eigenvalue weighted by molar-refractivity contribution is 0.0779. The van der Waals surface area contributed by atoms with Gasteiger partial charge in [-0.2, -0.15) is 0 Å². The average molecular weight is 421 g/mol. The molecule has 2 aromatic rings. The molecular weight excluding hydrogens is 396 g/mol. The summed E-state index contributed by atoms with van der Waals surface area (Å²) in [6.45, 7) is 1.39. The van der Waals surface area contributed by atoms with E-state index >= 15 is 0 Å². The number of hydrogen-bond donors (Lipinski definition) is 1.